The number of aliphatic hydroxyl groups is 1. The van der Waals surface area contributed by atoms with Crippen LogP contribution < -0.4 is 0 Å². The molecule has 0 aromatic carbocycles. The summed E-state index contributed by atoms with van der Waals surface area (Å²) in [6, 6.07) is 0. The van der Waals surface area contributed by atoms with E-state index in [0.29, 0.717) is 0 Å². The smallest absolute Gasteiger partial charge is 0.376 e. The number of hydrogen-bond donors (Lipinski definition) is 1. The minimum atomic E-state index is -5.68. The number of hydrogen-bond acceptors (Lipinski definition) is 1. The van der Waals surface area contributed by atoms with Crippen molar-refractivity contribution >= 4 is 0 Å². The van der Waals surface area contributed by atoms with Crippen LogP contribution in [-0.4, -0.2) is 23.3 Å². The van der Waals surface area contributed by atoms with E-state index in [2.05, 4.69) is 6.42 Å². The largest absolute Gasteiger partial charge is 0.457 e. The van der Waals surface area contributed by atoms with Crippen LogP contribution in [0.15, 0.2) is 11.6 Å². The Balaban J connectivity index is 4.91. The lowest BCUT2D eigenvalue weighted by atomic mass is 10.1. The molecule has 0 bridgehead atoms. The van der Waals surface area contributed by atoms with Crippen molar-refractivity contribution < 1.29 is 27.1 Å². The number of rotatable bonds is 2. The molecule has 14 heavy (non-hydrogen) atoms. The molecule has 0 heterocycles. The zero-order valence-corrected chi connectivity index (χ0v) is 7.07. The van der Waals surface area contributed by atoms with Gasteiger partial charge in [0.25, 0.3) is 0 Å². The third-order valence-corrected chi connectivity index (χ3v) is 1.38. The van der Waals surface area contributed by atoms with Gasteiger partial charge in [-0.15, -0.1) is 6.42 Å². The zero-order valence-electron chi connectivity index (χ0n) is 7.07. The summed E-state index contributed by atoms with van der Waals surface area (Å²) in [6.45, 7) is 0.893. The van der Waals surface area contributed by atoms with E-state index in [9.17, 15) is 22.0 Å². The van der Waals surface area contributed by atoms with Gasteiger partial charge in [0.1, 0.15) is 6.10 Å². The maximum absolute atomic E-state index is 12.3. The molecule has 0 aliphatic heterocycles. The molecule has 1 unspecified atom stereocenters. The second kappa shape index (κ2) is 3.96. The number of halogens is 5. The number of allylic oxidation sites excluding steroid dienone is 1. The molecule has 0 aliphatic carbocycles. The maximum Gasteiger partial charge on any atom is 0.457 e. The van der Waals surface area contributed by atoms with Crippen LogP contribution in [0.2, 0.25) is 0 Å². The summed E-state index contributed by atoms with van der Waals surface area (Å²) in [5.41, 5.74) is -0.616. The summed E-state index contributed by atoms with van der Waals surface area (Å²) in [6.07, 6.45) is -3.17. The van der Waals surface area contributed by atoms with Gasteiger partial charge in [-0.05, 0) is 18.6 Å². The standard InChI is InChI=1S/C8H7F5O/c1-3-6(14)5(2)4-7(9,10)8(11,12)13/h1,4,6,14H,2H3/b5-4+. The summed E-state index contributed by atoms with van der Waals surface area (Å²) in [7, 11) is 0. The topological polar surface area (TPSA) is 20.2 Å². The summed E-state index contributed by atoms with van der Waals surface area (Å²) in [5, 5.41) is 8.75. The van der Waals surface area contributed by atoms with E-state index in [4.69, 9.17) is 5.11 Å². The third kappa shape index (κ3) is 3.00. The van der Waals surface area contributed by atoms with Crippen molar-refractivity contribution in [2.75, 3.05) is 0 Å². The van der Waals surface area contributed by atoms with Crippen LogP contribution in [0, 0.1) is 12.3 Å². The van der Waals surface area contributed by atoms with Gasteiger partial charge < -0.3 is 5.11 Å². The quantitative estimate of drug-likeness (QED) is 0.424. The molecule has 0 saturated carbocycles. The monoisotopic (exact) mass is 214 g/mol. The molecule has 1 nitrogen and oxygen atoms in total. The molecule has 0 spiro atoms. The molecule has 0 aromatic heterocycles. The van der Waals surface area contributed by atoms with Crippen molar-refractivity contribution in [1.29, 1.82) is 0 Å². The molecule has 0 aliphatic rings. The van der Waals surface area contributed by atoms with Crippen LogP contribution in [-0.2, 0) is 0 Å². The Morgan fingerprint density at radius 2 is 1.79 bits per heavy atom. The number of terminal acetylenes is 1. The first-order chi connectivity index (χ1) is 6.12. The summed E-state index contributed by atoms with van der Waals surface area (Å²) in [5.74, 6) is -3.35. The first-order valence-electron chi connectivity index (χ1n) is 3.40. The minimum Gasteiger partial charge on any atom is -0.376 e. The van der Waals surface area contributed by atoms with Crippen LogP contribution in [0.25, 0.3) is 0 Å². The molecule has 6 heteroatoms. The van der Waals surface area contributed by atoms with Crippen LogP contribution in [0.5, 0.6) is 0 Å². The van der Waals surface area contributed by atoms with Gasteiger partial charge in [0, 0.05) is 0 Å². The van der Waals surface area contributed by atoms with Gasteiger partial charge >= 0.3 is 12.1 Å². The van der Waals surface area contributed by atoms with Gasteiger partial charge in [-0.2, -0.15) is 22.0 Å². The van der Waals surface area contributed by atoms with Gasteiger partial charge in [0.2, 0.25) is 0 Å². The van der Waals surface area contributed by atoms with Gasteiger partial charge in [0.15, 0.2) is 0 Å². The fraction of sp³-hybridized carbons (Fsp3) is 0.500. The van der Waals surface area contributed by atoms with Crippen LogP contribution in [0.4, 0.5) is 22.0 Å². The van der Waals surface area contributed by atoms with Gasteiger partial charge in [-0.25, -0.2) is 0 Å². The maximum atomic E-state index is 12.3. The van der Waals surface area contributed by atoms with Crippen molar-refractivity contribution in [1.82, 2.24) is 0 Å². The minimum absolute atomic E-state index is 0.391. The highest BCUT2D eigenvalue weighted by atomic mass is 19.4. The Kier molecular flexibility index (Phi) is 3.66. The van der Waals surface area contributed by atoms with Crippen molar-refractivity contribution in [3.63, 3.8) is 0 Å². The van der Waals surface area contributed by atoms with Gasteiger partial charge in [0.05, 0.1) is 0 Å². The fourth-order valence-electron chi connectivity index (χ4n) is 0.578. The molecule has 1 atom stereocenters. The predicted octanol–water partition coefficient (Wildman–Crippen LogP) is 2.12. The van der Waals surface area contributed by atoms with E-state index in [0.717, 1.165) is 6.92 Å². The molecule has 0 aromatic rings. The normalized spacial score (nSPS) is 16.3. The second-order valence-electron chi connectivity index (χ2n) is 2.58. The fourth-order valence-corrected chi connectivity index (χ4v) is 0.578. The van der Waals surface area contributed by atoms with Crippen molar-refractivity contribution in [3.8, 4) is 12.3 Å². The highest BCUT2D eigenvalue weighted by Crippen LogP contribution is 2.37. The molecule has 1 N–H and O–H groups in total. The summed E-state index contributed by atoms with van der Waals surface area (Å²) in [4.78, 5) is 0. The summed E-state index contributed by atoms with van der Waals surface area (Å²) < 4.78 is 59.5. The SMILES string of the molecule is C#CC(O)/C(C)=C/C(F)(F)C(F)(F)F. The van der Waals surface area contributed by atoms with Gasteiger partial charge in [-0.3, -0.25) is 0 Å². The van der Waals surface area contributed by atoms with Crippen molar-refractivity contribution in [2.45, 2.75) is 25.1 Å². The van der Waals surface area contributed by atoms with Crippen LogP contribution in [0.3, 0.4) is 0 Å². The van der Waals surface area contributed by atoms with E-state index in [1.165, 1.54) is 0 Å². The average Bonchev–Trinajstić information content (AvgIpc) is 2.00. The Hall–Kier alpha value is -1.09. The molecular formula is C8H7F5O. The number of aliphatic hydroxyl groups excluding tert-OH is 1. The van der Waals surface area contributed by atoms with Crippen LogP contribution >= 0.6 is 0 Å². The second-order valence-corrected chi connectivity index (χ2v) is 2.58. The molecular weight excluding hydrogens is 207 g/mol. The lowest BCUT2D eigenvalue weighted by molar-refractivity contribution is -0.259. The zero-order chi connectivity index (χ0) is 11.6. The van der Waals surface area contributed by atoms with E-state index < -0.39 is 29.9 Å². The summed E-state index contributed by atoms with van der Waals surface area (Å²) >= 11 is 0. The predicted molar refractivity (Wildman–Crippen MR) is 39.6 cm³/mol. The van der Waals surface area contributed by atoms with E-state index >= 15 is 0 Å². The Morgan fingerprint density at radius 1 is 1.36 bits per heavy atom. The Bertz CT molecular complexity index is 270. The molecule has 80 valence electrons. The average molecular weight is 214 g/mol. The van der Waals surface area contributed by atoms with E-state index in [-0.39, 0.29) is 0 Å². The number of alkyl halides is 5. The highest BCUT2D eigenvalue weighted by molar-refractivity contribution is 5.20. The lowest BCUT2D eigenvalue weighted by Crippen LogP contribution is -2.35. The molecule has 0 amide bonds. The highest BCUT2D eigenvalue weighted by Gasteiger charge is 2.55. The molecule has 0 saturated heterocycles. The lowest BCUT2D eigenvalue weighted by Gasteiger charge is -2.17. The molecule has 0 fully saturated rings. The van der Waals surface area contributed by atoms with Crippen LogP contribution in [0.1, 0.15) is 6.92 Å². The van der Waals surface area contributed by atoms with Crippen molar-refractivity contribution in [2.24, 2.45) is 0 Å². The Morgan fingerprint density at radius 3 is 2.07 bits per heavy atom. The van der Waals surface area contributed by atoms with Crippen molar-refractivity contribution in [3.05, 3.63) is 11.6 Å². The third-order valence-electron chi connectivity index (χ3n) is 1.38. The first-order valence-corrected chi connectivity index (χ1v) is 3.40. The van der Waals surface area contributed by atoms with Gasteiger partial charge in [-0.1, -0.05) is 5.92 Å². The molecule has 0 rings (SSSR count). The van der Waals surface area contributed by atoms with E-state index in [1.54, 1.807) is 5.92 Å². The molecule has 0 radical (unpaired) electrons. The Labute approximate surface area is 77.2 Å². The van der Waals surface area contributed by atoms with E-state index in [1.807, 2.05) is 0 Å². The first kappa shape index (κ1) is 12.9.